The summed E-state index contributed by atoms with van der Waals surface area (Å²) in [5.74, 6) is -0.192. The summed E-state index contributed by atoms with van der Waals surface area (Å²) in [5, 5.41) is 5.08. The maximum absolute atomic E-state index is 12.7. The van der Waals surface area contributed by atoms with Gasteiger partial charge in [-0.2, -0.15) is 0 Å². The van der Waals surface area contributed by atoms with Crippen molar-refractivity contribution in [2.75, 3.05) is 6.54 Å². The normalized spacial score (nSPS) is 11.1. The molecule has 0 aliphatic rings. The highest BCUT2D eigenvalue weighted by Crippen LogP contribution is 2.14. The molecular weight excluding hydrogens is 324 g/mol. The molecule has 5 nitrogen and oxygen atoms in total. The van der Waals surface area contributed by atoms with E-state index in [0.29, 0.717) is 18.7 Å². The molecule has 0 radical (unpaired) electrons. The number of carbonyl (C=O) groups is 1. The fourth-order valence-electron chi connectivity index (χ4n) is 2.30. The maximum Gasteiger partial charge on any atom is 0.254 e. The quantitative estimate of drug-likeness (QED) is 0.818. The Balaban J connectivity index is 2.25. The van der Waals surface area contributed by atoms with Gasteiger partial charge in [-0.05, 0) is 36.8 Å². The first-order valence-corrected chi connectivity index (χ1v) is 8.92. The van der Waals surface area contributed by atoms with Gasteiger partial charge >= 0.3 is 0 Å². The Morgan fingerprint density at radius 2 is 1.67 bits per heavy atom. The van der Waals surface area contributed by atoms with Crippen molar-refractivity contribution < 1.29 is 13.2 Å². The van der Waals surface area contributed by atoms with Crippen LogP contribution in [0.5, 0.6) is 0 Å². The van der Waals surface area contributed by atoms with Gasteiger partial charge < -0.3 is 4.90 Å². The second kappa shape index (κ2) is 7.42. The van der Waals surface area contributed by atoms with Crippen molar-refractivity contribution in [1.29, 1.82) is 0 Å². The van der Waals surface area contributed by atoms with Crippen LogP contribution in [0.4, 0.5) is 0 Å². The second-order valence-corrected chi connectivity index (χ2v) is 7.23. The molecule has 0 aliphatic heterocycles. The number of nitrogens with zero attached hydrogens (tertiary/aromatic N) is 1. The van der Waals surface area contributed by atoms with E-state index in [2.05, 4.69) is 6.58 Å². The largest absolute Gasteiger partial charge is 0.330 e. The number of carbonyl (C=O) groups excluding carboxylic acids is 1. The van der Waals surface area contributed by atoms with Crippen LogP contribution in [0.15, 0.2) is 71.6 Å². The van der Waals surface area contributed by atoms with Gasteiger partial charge in [0.25, 0.3) is 5.91 Å². The highest BCUT2D eigenvalue weighted by Gasteiger charge is 2.17. The van der Waals surface area contributed by atoms with Crippen LogP contribution < -0.4 is 5.14 Å². The summed E-state index contributed by atoms with van der Waals surface area (Å²) in [6.45, 7) is 6.60. The fourth-order valence-corrected chi connectivity index (χ4v) is 2.81. The minimum absolute atomic E-state index is 0.0199. The number of amides is 1. The molecule has 2 aromatic carbocycles. The molecule has 2 rings (SSSR count). The van der Waals surface area contributed by atoms with Crippen molar-refractivity contribution in [3.63, 3.8) is 0 Å². The Bertz CT molecular complexity index is 828. The molecule has 0 saturated heterocycles. The third-order valence-corrected chi connectivity index (χ3v) is 4.32. The van der Waals surface area contributed by atoms with E-state index in [0.717, 1.165) is 11.1 Å². The van der Waals surface area contributed by atoms with Gasteiger partial charge in [-0.3, -0.25) is 4.79 Å². The summed E-state index contributed by atoms with van der Waals surface area (Å²) in [6, 6.07) is 15.3. The third-order valence-electron chi connectivity index (χ3n) is 3.39. The lowest BCUT2D eigenvalue weighted by atomic mass is 10.1. The smallest absolute Gasteiger partial charge is 0.254 e. The molecular formula is C18H20N2O3S. The van der Waals surface area contributed by atoms with Crippen LogP contribution >= 0.6 is 0 Å². The van der Waals surface area contributed by atoms with Crippen molar-refractivity contribution >= 4 is 15.9 Å². The minimum atomic E-state index is -3.77. The van der Waals surface area contributed by atoms with E-state index in [1.807, 2.05) is 37.3 Å². The van der Waals surface area contributed by atoms with Crippen LogP contribution in [0.25, 0.3) is 0 Å². The lowest BCUT2D eigenvalue weighted by Gasteiger charge is -2.23. The Labute approximate surface area is 142 Å². The zero-order chi connectivity index (χ0) is 17.7. The summed E-state index contributed by atoms with van der Waals surface area (Å²) in [4.78, 5) is 14.4. The van der Waals surface area contributed by atoms with Crippen LogP contribution in [0.2, 0.25) is 0 Å². The molecule has 2 aromatic rings. The van der Waals surface area contributed by atoms with Crippen LogP contribution in [0.3, 0.4) is 0 Å². The molecule has 0 saturated carbocycles. The van der Waals surface area contributed by atoms with Crippen molar-refractivity contribution in [3.05, 3.63) is 77.9 Å². The number of nitrogens with two attached hydrogens (primary N) is 1. The first-order chi connectivity index (χ1) is 11.3. The number of hydrogen-bond acceptors (Lipinski definition) is 3. The van der Waals surface area contributed by atoms with E-state index in [9.17, 15) is 13.2 Å². The van der Waals surface area contributed by atoms with E-state index < -0.39 is 10.0 Å². The summed E-state index contributed by atoms with van der Waals surface area (Å²) in [6.07, 6.45) is 0. The molecule has 0 heterocycles. The Morgan fingerprint density at radius 3 is 2.17 bits per heavy atom. The maximum atomic E-state index is 12.7. The van der Waals surface area contributed by atoms with Crippen molar-refractivity contribution in [2.45, 2.75) is 18.4 Å². The highest BCUT2D eigenvalue weighted by molar-refractivity contribution is 7.89. The van der Waals surface area contributed by atoms with E-state index in [-0.39, 0.29) is 10.8 Å². The summed E-state index contributed by atoms with van der Waals surface area (Å²) < 4.78 is 22.6. The molecule has 2 N–H and O–H groups in total. The van der Waals surface area contributed by atoms with Crippen LogP contribution in [-0.4, -0.2) is 25.8 Å². The van der Waals surface area contributed by atoms with Crippen LogP contribution in [0.1, 0.15) is 22.8 Å². The minimum Gasteiger partial charge on any atom is -0.330 e. The van der Waals surface area contributed by atoms with Gasteiger partial charge in [0, 0.05) is 18.7 Å². The molecule has 0 bridgehead atoms. The molecule has 0 unspecified atom stereocenters. The zero-order valence-corrected chi connectivity index (χ0v) is 14.3. The number of sulfonamides is 1. The topological polar surface area (TPSA) is 80.5 Å². The molecule has 6 heteroatoms. The predicted molar refractivity (Wildman–Crippen MR) is 93.8 cm³/mol. The number of rotatable bonds is 6. The van der Waals surface area contributed by atoms with Gasteiger partial charge in [-0.15, -0.1) is 0 Å². The molecule has 1 amide bonds. The zero-order valence-electron chi connectivity index (χ0n) is 13.5. The Hall–Kier alpha value is -2.44. The van der Waals surface area contributed by atoms with Gasteiger partial charge in [0.1, 0.15) is 0 Å². The predicted octanol–water partition coefficient (Wildman–Crippen LogP) is 2.55. The second-order valence-electron chi connectivity index (χ2n) is 5.67. The summed E-state index contributed by atoms with van der Waals surface area (Å²) in [5.41, 5.74) is 2.27. The monoisotopic (exact) mass is 344 g/mol. The fraction of sp³-hybridized carbons (Fsp3) is 0.167. The average molecular weight is 344 g/mol. The third kappa shape index (κ3) is 4.78. The van der Waals surface area contributed by atoms with Crippen molar-refractivity contribution in [1.82, 2.24) is 4.90 Å². The van der Waals surface area contributed by atoms with Gasteiger partial charge in [0.15, 0.2) is 0 Å². The van der Waals surface area contributed by atoms with Crippen LogP contribution in [0, 0.1) is 0 Å². The Kier molecular flexibility index (Phi) is 5.54. The molecule has 0 atom stereocenters. The molecule has 0 fully saturated rings. The van der Waals surface area contributed by atoms with Gasteiger partial charge in [-0.1, -0.05) is 42.5 Å². The van der Waals surface area contributed by atoms with Crippen molar-refractivity contribution in [3.8, 4) is 0 Å². The molecule has 24 heavy (non-hydrogen) atoms. The van der Waals surface area contributed by atoms with Gasteiger partial charge in [0.2, 0.25) is 10.0 Å². The van der Waals surface area contributed by atoms with E-state index in [1.54, 1.807) is 4.90 Å². The van der Waals surface area contributed by atoms with Crippen LogP contribution in [-0.2, 0) is 16.6 Å². The average Bonchev–Trinajstić information content (AvgIpc) is 2.53. The molecule has 126 valence electrons. The summed E-state index contributed by atoms with van der Waals surface area (Å²) in [7, 11) is -3.77. The number of benzene rings is 2. The molecule has 0 aromatic heterocycles. The van der Waals surface area contributed by atoms with Crippen molar-refractivity contribution in [2.24, 2.45) is 5.14 Å². The highest BCUT2D eigenvalue weighted by atomic mass is 32.2. The SMILES string of the molecule is C=C(C)CN(Cc1ccccc1)C(=O)c1ccc(S(N)(=O)=O)cc1. The first kappa shape index (κ1) is 17.9. The number of hydrogen-bond donors (Lipinski definition) is 1. The van der Waals surface area contributed by atoms with E-state index in [1.165, 1.54) is 24.3 Å². The van der Waals surface area contributed by atoms with E-state index in [4.69, 9.17) is 5.14 Å². The Morgan fingerprint density at radius 1 is 1.08 bits per heavy atom. The van der Waals surface area contributed by atoms with Gasteiger partial charge in [0.05, 0.1) is 4.90 Å². The van der Waals surface area contributed by atoms with Gasteiger partial charge in [-0.25, -0.2) is 13.6 Å². The van der Waals surface area contributed by atoms with E-state index >= 15 is 0 Å². The summed E-state index contributed by atoms with van der Waals surface area (Å²) >= 11 is 0. The standard InChI is InChI=1S/C18H20N2O3S/c1-14(2)12-20(13-15-6-4-3-5-7-15)18(21)16-8-10-17(11-9-16)24(19,22)23/h3-11H,1,12-13H2,2H3,(H2,19,22,23). The molecule has 0 spiro atoms. The lowest BCUT2D eigenvalue weighted by molar-refractivity contribution is 0.0758. The lowest BCUT2D eigenvalue weighted by Crippen LogP contribution is -2.32. The number of primary sulfonamides is 1. The molecule has 0 aliphatic carbocycles. The first-order valence-electron chi connectivity index (χ1n) is 7.38.